The summed E-state index contributed by atoms with van der Waals surface area (Å²) in [5.41, 5.74) is 7.13. The van der Waals surface area contributed by atoms with Gasteiger partial charge in [-0.05, 0) is 54.7 Å². The van der Waals surface area contributed by atoms with Gasteiger partial charge in [0.05, 0.1) is 11.6 Å². The predicted octanol–water partition coefficient (Wildman–Crippen LogP) is 4.28. The van der Waals surface area contributed by atoms with Crippen LogP contribution in [0.1, 0.15) is 37.8 Å². The molecule has 3 N–H and O–H groups in total. The maximum atomic E-state index is 13.6. The Balaban J connectivity index is 1.87. The lowest BCUT2D eigenvalue weighted by Gasteiger charge is -2.16. The minimum absolute atomic E-state index is 0.00617. The number of carbonyl (C=O) groups is 1. The van der Waals surface area contributed by atoms with Crippen LogP contribution in [0.4, 0.5) is 14.5 Å². The molecule has 1 unspecified atom stereocenters. The third-order valence-corrected chi connectivity index (χ3v) is 4.20. The van der Waals surface area contributed by atoms with Gasteiger partial charge >= 0.3 is 0 Å². The molecule has 2 rings (SSSR count). The average molecular weight is 391 g/mol. The lowest BCUT2D eigenvalue weighted by Crippen LogP contribution is -2.45. The van der Waals surface area contributed by atoms with Gasteiger partial charge in [-0.3, -0.25) is 15.6 Å². The molecular formula is C20H23F2N3OS. The summed E-state index contributed by atoms with van der Waals surface area (Å²) in [6.45, 7) is 6.10. The summed E-state index contributed by atoms with van der Waals surface area (Å²) in [4.78, 5) is 12.3. The summed E-state index contributed by atoms with van der Waals surface area (Å²) in [7, 11) is 0. The summed E-state index contributed by atoms with van der Waals surface area (Å²) in [6, 6.07) is 11.0. The molecule has 1 amide bonds. The summed E-state index contributed by atoms with van der Waals surface area (Å²) in [5.74, 6) is -1.56. The minimum Gasteiger partial charge on any atom is -0.329 e. The monoisotopic (exact) mass is 391 g/mol. The van der Waals surface area contributed by atoms with E-state index in [0.717, 1.165) is 24.1 Å². The van der Waals surface area contributed by atoms with Crippen LogP contribution in [0.3, 0.4) is 0 Å². The van der Waals surface area contributed by atoms with Crippen LogP contribution < -0.4 is 16.2 Å². The van der Waals surface area contributed by atoms with E-state index in [1.807, 2.05) is 24.3 Å². The van der Waals surface area contributed by atoms with Gasteiger partial charge in [0.25, 0.3) is 0 Å². The third kappa shape index (κ3) is 6.29. The van der Waals surface area contributed by atoms with Crippen LogP contribution >= 0.6 is 12.2 Å². The number of thiocarbonyl (C=S) groups is 1. The normalized spacial score (nSPS) is 11.8. The van der Waals surface area contributed by atoms with E-state index >= 15 is 0 Å². The lowest BCUT2D eigenvalue weighted by atomic mass is 9.96. The largest absolute Gasteiger partial charge is 0.329 e. The maximum Gasteiger partial charge on any atom is 0.245 e. The van der Waals surface area contributed by atoms with Crippen molar-refractivity contribution in [1.29, 1.82) is 0 Å². The molecular weight excluding hydrogens is 368 g/mol. The number of anilines is 1. The first-order valence-electron chi connectivity index (χ1n) is 8.67. The zero-order valence-electron chi connectivity index (χ0n) is 15.5. The Labute approximate surface area is 163 Å². The molecule has 0 aliphatic rings. The number of rotatable bonds is 5. The molecule has 0 saturated carbocycles. The molecule has 0 aliphatic heterocycles. The highest BCUT2D eigenvalue weighted by molar-refractivity contribution is 7.80. The molecule has 4 nitrogen and oxygen atoms in total. The number of amides is 1. The van der Waals surface area contributed by atoms with Crippen molar-refractivity contribution >= 4 is 28.9 Å². The molecule has 0 aromatic heterocycles. The van der Waals surface area contributed by atoms with E-state index in [-0.39, 0.29) is 16.7 Å². The Morgan fingerprint density at radius 1 is 1.04 bits per heavy atom. The average Bonchev–Trinajstić information content (AvgIpc) is 2.61. The quantitative estimate of drug-likeness (QED) is 0.526. The van der Waals surface area contributed by atoms with E-state index in [1.54, 1.807) is 6.92 Å². The fourth-order valence-electron chi connectivity index (χ4n) is 2.54. The van der Waals surface area contributed by atoms with E-state index in [2.05, 4.69) is 30.0 Å². The van der Waals surface area contributed by atoms with Crippen molar-refractivity contribution < 1.29 is 13.6 Å². The summed E-state index contributed by atoms with van der Waals surface area (Å²) in [5, 5.41) is 2.55. The highest BCUT2D eigenvalue weighted by Crippen LogP contribution is 2.18. The Morgan fingerprint density at radius 2 is 1.70 bits per heavy atom. The van der Waals surface area contributed by atoms with Crippen molar-refractivity contribution in [2.75, 3.05) is 5.32 Å². The van der Waals surface area contributed by atoms with Gasteiger partial charge in [-0.2, -0.15) is 0 Å². The summed E-state index contributed by atoms with van der Waals surface area (Å²) < 4.78 is 26.5. The number of hydrogen-bond donors (Lipinski definition) is 3. The predicted molar refractivity (Wildman–Crippen MR) is 107 cm³/mol. The number of benzene rings is 2. The summed E-state index contributed by atoms with van der Waals surface area (Å²) >= 11 is 5.01. The van der Waals surface area contributed by atoms with Crippen LogP contribution in [-0.4, -0.2) is 11.0 Å². The first kappa shape index (κ1) is 20.8. The fourth-order valence-corrected chi connectivity index (χ4v) is 2.70. The molecule has 0 heterocycles. The first-order chi connectivity index (χ1) is 12.8. The second kappa shape index (κ2) is 9.41. The van der Waals surface area contributed by atoms with Gasteiger partial charge in [0.1, 0.15) is 11.6 Å². The second-order valence-corrected chi connectivity index (χ2v) is 7.16. The molecule has 0 fully saturated rings. The van der Waals surface area contributed by atoms with Gasteiger partial charge in [-0.25, -0.2) is 8.78 Å². The Kier molecular flexibility index (Phi) is 7.24. The zero-order valence-corrected chi connectivity index (χ0v) is 16.3. The standard InChI is InChI=1S/C20H23F2N3OS/c1-12(2)10-14-4-6-15(7-5-14)13(3)19(26)24-25-20(27)23-18-9-8-16(21)11-17(18)22/h4-9,11-13H,10H2,1-3H3,(H,24,26)(H2,23,25,27). The SMILES string of the molecule is CC(C)Cc1ccc(C(C)C(=O)NNC(=S)Nc2ccc(F)cc2F)cc1. The Hall–Kier alpha value is -2.54. The summed E-state index contributed by atoms with van der Waals surface area (Å²) in [6.07, 6.45) is 0.988. The third-order valence-electron chi connectivity index (χ3n) is 4.00. The Bertz CT molecular complexity index is 809. The molecule has 144 valence electrons. The van der Waals surface area contributed by atoms with Crippen molar-refractivity contribution in [3.05, 3.63) is 65.2 Å². The van der Waals surface area contributed by atoms with E-state index in [9.17, 15) is 13.6 Å². The molecule has 2 aromatic carbocycles. The van der Waals surface area contributed by atoms with Crippen molar-refractivity contribution in [3.63, 3.8) is 0 Å². The van der Waals surface area contributed by atoms with Gasteiger partial charge in [0.15, 0.2) is 5.11 Å². The smallest absolute Gasteiger partial charge is 0.245 e. The van der Waals surface area contributed by atoms with Gasteiger partial charge < -0.3 is 5.32 Å². The minimum atomic E-state index is -0.777. The van der Waals surface area contributed by atoms with E-state index in [4.69, 9.17) is 12.2 Å². The number of hydrogen-bond acceptors (Lipinski definition) is 2. The molecule has 2 aromatic rings. The van der Waals surface area contributed by atoms with Crippen molar-refractivity contribution in [1.82, 2.24) is 10.9 Å². The number of hydrazine groups is 1. The van der Waals surface area contributed by atoms with Gasteiger partial charge in [-0.15, -0.1) is 0 Å². The highest BCUT2D eigenvalue weighted by atomic mass is 32.1. The molecule has 0 aliphatic carbocycles. The molecule has 7 heteroatoms. The Morgan fingerprint density at radius 3 is 2.30 bits per heavy atom. The molecule has 27 heavy (non-hydrogen) atoms. The van der Waals surface area contributed by atoms with Gasteiger partial charge in [-0.1, -0.05) is 38.1 Å². The van der Waals surface area contributed by atoms with Gasteiger partial charge in [0, 0.05) is 6.07 Å². The number of carbonyl (C=O) groups excluding carboxylic acids is 1. The van der Waals surface area contributed by atoms with E-state index in [0.29, 0.717) is 5.92 Å². The number of halogens is 2. The van der Waals surface area contributed by atoms with Crippen molar-refractivity contribution in [2.24, 2.45) is 5.92 Å². The van der Waals surface area contributed by atoms with Crippen molar-refractivity contribution in [3.8, 4) is 0 Å². The molecule has 0 radical (unpaired) electrons. The van der Waals surface area contributed by atoms with Crippen LogP contribution in [0.25, 0.3) is 0 Å². The van der Waals surface area contributed by atoms with Crippen LogP contribution in [0.5, 0.6) is 0 Å². The second-order valence-electron chi connectivity index (χ2n) is 6.75. The van der Waals surface area contributed by atoms with Crippen LogP contribution in [0.15, 0.2) is 42.5 Å². The zero-order chi connectivity index (χ0) is 20.0. The topological polar surface area (TPSA) is 53.2 Å². The van der Waals surface area contributed by atoms with E-state index in [1.165, 1.54) is 11.6 Å². The van der Waals surface area contributed by atoms with E-state index < -0.39 is 17.6 Å². The maximum absolute atomic E-state index is 13.6. The number of nitrogens with one attached hydrogen (secondary N) is 3. The highest BCUT2D eigenvalue weighted by Gasteiger charge is 2.15. The van der Waals surface area contributed by atoms with Crippen molar-refractivity contribution in [2.45, 2.75) is 33.1 Å². The lowest BCUT2D eigenvalue weighted by molar-refractivity contribution is -0.122. The molecule has 0 spiro atoms. The molecule has 0 saturated heterocycles. The van der Waals surface area contributed by atoms with Crippen LogP contribution in [0.2, 0.25) is 0 Å². The fraction of sp³-hybridized carbons (Fsp3) is 0.300. The van der Waals surface area contributed by atoms with Crippen LogP contribution in [-0.2, 0) is 11.2 Å². The first-order valence-corrected chi connectivity index (χ1v) is 9.08. The van der Waals surface area contributed by atoms with Gasteiger partial charge in [0.2, 0.25) is 5.91 Å². The molecule has 0 bridgehead atoms. The van der Waals surface area contributed by atoms with Crippen LogP contribution in [0, 0.1) is 17.6 Å². The molecule has 1 atom stereocenters.